The molecular weight excluding hydrogens is 405 g/mol. The lowest BCUT2D eigenvalue weighted by atomic mass is 10.1. The number of nitrogens with two attached hydrogens (primary N) is 1. The first-order valence-electron chi connectivity index (χ1n) is 9.50. The zero-order valence-corrected chi connectivity index (χ0v) is 16.7. The second-order valence-electron chi connectivity index (χ2n) is 7.68. The van der Waals surface area contributed by atoms with E-state index in [4.69, 9.17) is 11.0 Å². The van der Waals surface area contributed by atoms with Crippen molar-refractivity contribution in [1.29, 1.82) is 5.26 Å². The number of anilines is 2. The van der Waals surface area contributed by atoms with Gasteiger partial charge in [0, 0.05) is 29.9 Å². The van der Waals surface area contributed by atoms with E-state index in [0.717, 1.165) is 11.4 Å². The van der Waals surface area contributed by atoms with E-state index >= 15 is 0 Å². The first kappa shape index (κ1) is 18.6. The molecule has 7 nitrogen and oxygen atoms in total. The summed E-state index contributed by atoms with van der Waals surface area (Å²) in [7, 11) is -2.94. The molecule has 5 rings (SSSR count). The quantitative estimate of drug-likeness (QED) is 0.694. The Morgan fingerprint density at radius 2 is 1.87 bits per heavy atom. The van der Waals surface area contributed by atoms with Gasteiger partial charge in [0.25, 0.3) is 0 Å². The Morgan fingerprint density at radius 3 is 2.47 bits per heavy atom. The van der Waals surface area contributed by atoms with Crippen molar-refractivity contribution in [1.82, 2.24) is 9.78 Å². The molecule has 30 heavy (non-hydrogen) atoms. The Balaban J connectivity index is 1.46. The highest BCUT2D eigenvalue weighted by atomic mass is 32.2. The van der Waals surface area contributed by atoms with Crippen molar-refractivity contribution in [2.75, 3.05) is 22.9 Å². The molecule has 3 heterocycles. The third-order valence-electron chi connectivity index (χ3n) is 5.85. The van der Waals surface area contributed by atoms with Gasteiger partial charge < -0.3 is 10.6 Å². The highest BCUT2D eigenvalue weighted by Gasteiger charge is 2.48. The van der Waals surface area contributed by atoms with E-state index in [1.165, 1.54) is 12.1 Å². The van der Waals surface area contributed by atoms with Crippen LogP contribution in [0.2, 0.25) is 0 Å². The van der Waals surface area contributed by atoms with Gasteiger partial charge in [-0.1, -0.05) is 6.07 Å². The Morgan fingerprint density at radius 1 is 1.13 bits per heavy atom. The summed E-state index contributed by atoms with van der Waals surface area (Å²) in [4.78, 5) is 2.14. The highest BCUT2D eigenvalue weighted by molar-refractivity contribution is 7.92. The number of nitrogen functional groups attached to an aromatic ring is 1. The van der Waals surface area contributed by atoms with Crippen LogP contribution in [0.15, 0.2) is 48.5 Å². The lowest BCUT2D eigenvalue weighted by Gasteiger charge is -2.29. The number of sulfone groups is 1. The molecule has 2 aromatic carbocycles. The van der Waals surface area contributed by atoms with Gasteiger partial charge in [-0.05, 0) is 42.8 Å². The number of halogens is 1. The largest absolute Gasteiger partial charge is 0.382 e. The van der Waals surface area contributed by atoms with Crippen LogP contribution in [0.5, 0.6) is 0 Å². The summed E-state index contributed by atoms with van der Waals surface area (Å²) in [6.07, 6.45) is 0.689. The molecule has 2 saturated heterocycles. The SMILES string of the molecule is N#Cc1ccc(-c2cc(N)nn2-c2ccc(N3CC4CC3CS4(=O)=O)cc2)cc1F. The van der Waals surface area contributed by atoms with Gasteiger partial charge in [0.15, 0.2) is 9.84 Å². The van der Waals surface area contributed by atoms with Gasteiger partial charge in [0.05, 0.1) is 27.9 Å². The normalized spacial score (nSPS) is 21.7. The van der Waals surface area contributed by atoms with Crippen molar-refractivity contribution in [2.24, 2.45) is 0 Å². The molecule has 0 amide bonds. The van der Waals surface area contributed by atoms with Crippen LogP contribution in [0.25, 0.3) is 16.9 Å². The fourth-order valence-electron chi connectivity index (χ4n) is 4.36. The van der Waals surface area contributed by atoms with Crippen LogP contribution in [-0.4, -0.2) is 41.8 Å². The lowest BCUT2D eigenvalue weighted by Crippen LogP contribution is -2.40. The van der Waals surface area contributed by atoms with Crippen molar-refractivity contribution in [3.63, 3.8) is 0 Å². The van der Waals surface area contributed by atoms with E-state index < -0.39 is 15.7 Å². The molecule has 2 aliphatic heterocycles. The minimum atomic E-state index is -2.94. The Labute approximate surface area is 173 Å². The molecule has 2 fully saturated rings. The number of rotatable bonds is 3. The summed E-state index contributed by atoms with van der Waals surface area (Å²) in [6, 6.07) is 15.5. The summed E-state index contributed by atoms with van der Waals surface area (Å²) < 4.78 is 39.7. The average Bonchev–Trinajstić information content (AvgIpc) is 3.39. The first-order chi connectivity index (χ1) is 14.4. The molecule has 0 saturated carbocycles. The van der Waals surface area contributed by atoms with Crippen LogP contribution >= 0.6 is 0 Å². The van der Waals surface area contributed by atoms with Crippen LogP contribution in [0.1, 0.15) is 12.0 Å². The van der Waals surface area contributed by atoms with Gasteiger partial charge in [0.1, 0.15) is 17.7 Å². The number of nitrogens with zero attached hydrogens (tertiary/aromatic N) is 4. The minimum Gasteiger partial charge on any atom is -0.382 e. The molecule has 1 aromatic heterocycles. The van der Waals surface area contributed by atoms with Crippen LogP contribution in [0.4, 0.5) is 15.9 Å². The molecule has 0 spiro atoms. The summed E-state index contributed by atoms with van der Waals surface area (Å²) in [5, 5.41) is 13.0. The molecule has 2 bridgehead atoms. The van der Waals surface area contributed by atoms with Gasteiger partial charge in [-0.25, -0.2) is 17.5 Å². The maximum atomic E-state index is 14.1. The van der Waals surface area contributed by atoms with Crippen LogP contribution < -0.4 is 10.6 Å². The molecule has 2 unspecified atom stereocenters. The van der Waals surface area contributed by atoms with E-state index in [1.54, 1.807) is 16.8 Å². The summed E-state index contributed by atoms with van der Waals surface area (Å²) in [5.41, 5.74) is 8.75. The molecule has 0 aliphatic carbocycles. The van der Waals surface area contributed by atoms with Crippen molar-refractivity contribution in [3.8, 4) is 23.0 Å². The predicted octanol–water partition coefficient (Wildman–Crippen LogP) is 2.51. The molecule has 2 N–H and O–H groups in total. The van der Waals surface area contributed by atoms with E-state index in [2.05, 4.69) is 10.00 Å². The molecule has 0 radical (unpaired) electrons. The average molecular weight is 423 g/mol. The Hall–Kier alpha value is -3.38. The number of hydrogen-bond donors (Lipinski definition) is 1. The monoisotopic (exact) mass is 423 g/mol. The van der Waals surface area contributed by atoms with E-state index in [0.29, 0.717) is 30.0 Å². The predicted molar refractivity (Wildman–Crippen MR) is 111 cm³/mol. The van der Waals surface area contributed by atoms with Crippen molar-refractivity contribution >= 4 is 21.3 Å². The smallest absolute Gasteiger partial charge is 0.156 e. The maximum absolute atomic E-state index is 14.1. The van der Waals surface area contributed by atoms with E-state index in [-0.39, 0.29) is 22.6 Å². The third-order valence-corrected chi connectivity index (χ3v) is 8.05. The molecule has 3 aromatic rings. The topological polar surface area (TPSA) is 105 Å². The lowest BCUT2D eigenvalue weighted by molar-refractivity contribution is 0.585. The fraction of sp³-hybridized carbons (Fsp3) is 0.238. The number of fused-ring (bicyclic) bond motifs is 2. The number of aromatic nitrogens is 2. The number of hydrogen-bond acceptors (Lipinski definition) is 6. The molecule has 2 atom stereocenters. The minimum absolute atomic E-state index is 0.0240. The summed E-state index contributed by atoms with van der Waals surface area (Å²) in [5.74, 6) is -0.0969. The maximum Gasteiger partial charge on any atom is 0.156 e. The van der Waals surface area contributed by atoms with Crippen molar-refractivity contribution in [2.45, 2.75) is 17.7 Å². The second kappa shape index (κ2) is 6.57. The molecule has 152 valence electrons. The number of nitriles is 1. The van der Waals surface area contributed by atoms with Gasteiger partial charge in [-0.2, -0.15) is 10.4 Å². The molecule has 9 heteroatoms. The van der Waals surface area contributed by atoms with Crippen molar-refractivity contribution < 1.29 is 12.8 Å². The fourth-order valence-corrected chi connectivity index (χ4v) is 6.39. The first-order valence-corrected chi connectivity index (χ1v) is 11.2. The van der Waals surface area contributed by atoms with Gasteiger partial charge in [0.2, 0.25) is 0 Å². The third kappa shape index (κ3) is 2.92. The summed E-state index contributed by atoms with van der Waals surface area (Å²) >= 11 is 0. The van der Waals surface area contributed by atoms with Gasteiger partial charge >= 0.3 is 0 Å². The second-order valence-corrected chi connectivity index (χ2v) is 10.0. The van der Waals surface area contributed by atoms with E-state index in [9.17, 15) is 12.8 Å². The van der Waals surface area contributed by atoms with Crippen LogP contribution in [-0.2, 0) is 9.84 Å². The van der Waals surface area contributed by atoms with E-state index in [1.807, 2.05) is 30.3 Å². The highest BCUT2D eigenvalue weighted by Crippen LogP contribution is 2.37. The molecule has 2 aliphatic rings. The van der Waals surface area contributed by atoms with Crippen molar-refractivity contribution in [3.05, 3.63) is 59.9 Å². The van der Waals surface area contributed by atoms with Gasteiger partial charge in [-0.15, -0.1) is 0 Å². The zero-order chi connectivity index (χ0) is 21.0. The Kier molecular flexibility index (Phi) is 4.08. The standard InChI is InChI=1S/C21H18FN5O2S/c22-19-7-13(1-2-14(19)10-23)20-9-21(24)25-27(20)16-5-3-15(4-6-16)26-11-18-8-17(26)12-30(18,28)29/h1-7,9,17-18H,8,11-12H2,(H2,24,25). The van der Waals surface area contributed by atoms with Gasteiger partial charge in [-0.3, -0.25) is 0 Å². The zero-order valence-electron chi connectivity index (χ0n) is 15.9. The van der Waals surface area contributed by atoms with Crippen LogP contribution in [0.3, 0.4) is 0 Å². The number of benzene rings is 2. The molecular formula is C21H18FN5O2S. The summed E-state index contributed by atoms with van der Waals surface area (Å²) in [6.45, 7) is 0.525. The Bertz CT molecular complexity index is 1290. The van der Waals surface area contributed by atoms with Crippen LogP contribution in [0, 0.1) is 17.1 Å².